The molecule has 0 N–H and O–H groups in total. The average molecular weight is 362 g/mol. The quantitative estimate of drug-likeness (QED) is 0.365. The molecule has 0 unspecified atom stereocenters. The van der Waals surface area contributed by atoms with Crippen LogP contribution < -0.4 is 0 Å². The number of aryl methyl sites for hydroxylation is 1. The van der Waals surface area contributed by atoms with Gasteiger partial charge in [0.15, 0.2) is 0 Å². The number of hydrogen-bond acceptors (Lipinski definition) is 0. The van der Waals surface area contributed by atoms with Crippen molar-refractivity contribution in [3.63, 3.8) is 0 Å². The Morgan fingerprint density at radius 1 is 0.625 bits per heavy atom. The summed E-state index contributed by atoms with van der Waals surface area (Å²) in [5, 5.41) is 0. The van der Waals surface area contributed by atoms with Crippen LogP contribution in [0.25, 0.3) is 0 Å². The van der Waals surface area contributed by atoms with Crippen LogP contribution in [-0.2, 0) is 18.5 Å². The van der Waals surface area contributed by atoms with Crippen LogP contribution >= 0.6 is 0 Å². The highest BCUT2D eigenvalue weighted by Crippen LogP contribution is 2.29. The Balaban J connectivity index is 3.16. The van der Waals surface area contributed by atoms with Gasteiger partial charge in [-0.25, -0.2) is 0 Å². The minimum atomic E-state index is -1.12. The molecule has 2 heteroatoms. The third-order valence-electron chi connectivity index (χ3n) is 7.08. The average Bonchev–Trinajstić information content (AvgIpc) is 2.64. The van der Waals surface area contributed by atoms with Gasteiger partial charge >= 0.3 is 0 Å². The lowest BCUT2D eigenvalue weighted by molar-refractivity contribution is 1.05. The van der Waals surface area contributed by atoms with E-state index in [0.29, 0.717) is 0 Å². The molecular formula is C22H41Si2. The van der Waals surface area contributed by atoms with Gasteiger partial charge in [-0.15, -0.1) is 0 Å². The van der Waals surface area contributed by atoms with Gasteiger partial charge < -0.3 is 0 Å². The van der Waals surface area contributed by atoms with Crippen molar-refractivity contribution in [2.24, 2.45) is 0 Å². The van der Waals surface area contributed by atoms with Crippen LogP contribution in [0.2, 0.25) is 36.3 Å². The first-order valence-corrected chi connectivity index (χ1v) is 16.2. The zero-order chi connectivity index (χ0) is 18.2. The predicted octanol–water partition coefficient (Wildman–Crippen LogP) is 7.23. The predicted molar refractivity (Wildman–Crippen MR) is 116 cm³/mol. The smallest absolute Gasteiger partial charge is 0.0571 e. The summed E-state index contributed by atoms with van der Waals surface area (Å²) in [6.45, 7) is 16.8. The Kier molecular flexibility index (Phi) is 9.01. The Hall–Kier alpha value is -0.346. The third-order valence-corrected chi connectivity index (χ3v) is 18.3. The molecule has 0 heterocycles. The molecule has 0 fully saturated rings. The van der Waals surface area contributed by atoms with E-state index in [1.54, 1.807) is 0 Å². The van der Waals surface area contributed by atoms with Crippen LogP contribution in [0.3, 0.4) is 0 Å². The zero-order valence-corrected chi connectivity index (χ0v) is 19.5. The summed E-state index contributed by atoms with van der Waals surface area (Å²) in [7, 11) is -2.24. The van der Waals surface area contributed by atoms with Crippen molar-refractivity contribution in [3.8, 4) is 0 Å². The molecule has 0 aliphatic heterocycles. The number of rotatable bonds is 11. The van der Waals surface area contributed by atoms with Crippen molar-refractivity contribution < 1.29 is 0 Å². The van der Waals surface area contributed by atoms with Crippen molar-refractivity contribution in [2.45, 2.75) is 103 Å². The fourth-order valence-electron chi connectivity index (χ4n) is 4.22. The van der Waals surface area contributed by atoms with E-state index < -0.39 is 16.1 Å². The molecule has 1 rings (SSSR count). The summed E-state index contributed by atoms with van der Waals surface area (Å²) >= 11 is 0. The lowest BCUT2D eigenvalue weighted by Crippen LogP contribution is -2.36. The maximum absolute atomic E-state index is 3.90. The van der Waals surface area contributed by atoms with Crippen molar-refractivity contribution in [1.82, 2.24) is 0 Å². The molecule has 0 saturated carbocycles. The highest BCUT2D eigenvalue weighted by Gasteiger charge is 2.29. The Morgan fingerprint density at radius 3 is 1.21 bits per heavy atom. The maximum atomic E-state index is 3.90. The van der Waals surface area contributed by atoms with E-state index in [0.717, 1.165) is 6.42 Å². The minimum absolute atomic E-state index is 1.12. The molecule has 0 atom stereocenters. The third kappa shape index (κ3) is 5.32. The van der Waals surface area contributed by atoms with Gasteiger partial charge in [-0.05, 0) is 41.3 Å². The van der Waals surface area contributed by atoms with Gasteiger partial charge in [0, 0.05) is 0 Å². The zero-order valence-electron chi connectivity index (χ0n) is 17.5. The highest BCUT2D eigenvalue weighted by atomic mass is 28.3. The second-order valence-corrected chi connectivity index (χ2v) is 18.8. The van der Waals surface area contributed by atoms with Crippen LogP contribution in [0, 0.1) is 6.07 Å². The van der Waals surface area contributed by atoms with Crippen molar-refractivity contribution in [3.05, 3.63) is 34.9 Å². The molecule has 0 amide bonds. The SMILES string of the molecule is CCc1cc(C[Si](CC)(CC)CC)[c]c(C[Si](CC)(CC)CC)c1. The van der Waals surface area contributed by atoms with Gasteiger partial charge in [-0.2, -0.15) is 0 Å². The molecule has 1 aromatic rings. The van der Waals surface area contributed by atoms with E-state index in [1.165, 1.54) is 65.0 Å². The summed E-state index contributed by atoms with van der Waals surface area (Å²) in [4.78, 5) is 0. The summed E-state index contributed by atoms with van der Waals surface area (Å²) in [6.07, 6.45) is 1.16. The first-order chi connectivity index (χ1) is 11.5. The van der Waals surface area contributed by atoms with Crippen LogP contribution in [0.5, 0.6) is 0 Å². The molecule has 0 nitrogen and oxygen atoms in total. The second-order valence-electron chi connectivity index (χ2n) is 7.87. The molecule has 137 valence electrons. The molecule has 0 aromatic heterocycles. The summed E-state index contributed by atoms with van der Waals surface area (Å²) in [6, 6.07) is 20.0. The lowest BCUT2D eigenvalue weighted by Gasteiger charge is -2.30. The molecule has 0 saturated heterocycles. The van der Waals surface area contributed by atoms with Gasteiger partial charge in [0.2, 0.25) is 0 Å². The van der Waals surface area contributed by atoms with Gasteiger partial charge in [0.1, 0.15) is 0 Å². The fraction of sp³-hybridized carbons (Fsp3) is 0.727. The van der Waals surface area contributed by atoms with E-state index in [9.17, 15) is 0 Å². The fourth-order valence-corrected chi connectivity index (χ4v) is 10.7. The van der Waals surface area contributed by atoms with Crippen LogP contribution in [0.1, 0.15) is 65.2 Å². The Bertz CT molecular complexity index is 428. The molecule has 0 aliphatic rings. The molecule has 1 radical (unpaired) electrons. The van der Waals surface area contributed by atoms with Crippen molar-refractivity contribution in [1.29, 1.82) is 0 Å². The van der Waals surface area contributed by atoms with Crippen molar-refractivity contribution in [2.75, 3.05) is 0 Å². The van der Waals surface area contributed by atoms with Crippen LogP contribution in [-0.4, -0.2) is 16.1 Å². The number of hydrogen-bond donors (Lipinski definition) is 0. The van der Waals surface area contributed by atoms with Gasteiger partial charge in [0.05, 0.1) is 16.1 Å². The van der Waals surface area contributed by atoms with E-state index in [2.05, 4.69) is 66.7 Å². The van der Waals surface area contributed by atoms with Gasteiger partial charge in [-0.1, -0.05) is 96.9 Å². The highest BCUT2D eigenvalue weighted by molar-refractivity contribution is 6.79. The summed E-state index contributed by atoms with van der Waals surface area (Å²) in [5.41, 5.74) is 4.61. The first kappa shape index (κ1) is 21.7. The second kappa shape index (κ2) is 9.96. The molecular weight excluding hydrogens is 320 g/mol. The molecule has 0 aliphatic carbocycles. The lowest BCUT2D eigenvalue weighted by atomic mass is 10.1. The standard InChI is InChI=1S/C22H41Si2/c1-8-20-15-21(18-23(9-2,10-3)11-4)17-22(16-20)19-24(12-5,13-6)14-7/h15-16H,8-14,18-19H2,1-7H3. The maximum Gasteiger partial charge on any atom is 0.0571 e. The topological polar surface area (TPSA) is 0 Å². The van der Waals surface area contributed by atoms with E-state index in [4.69, 9.17) is 0 Å². The van der Waals surface area contributed by atoms with E-state index in [1.807, 2.05) is 0 Å². The monoisotopic (exact) mass is 361 g/mol. The normalized spacial score (nSPS) is 12.6. The van der Waals surface area contributed by atoms with E-state index in [-0.39, 0.29) is 0 Å². The molecule has 0 spiro atoms. The largest absolute Gasteiger partial charge is 0.0678 e. The molecule has 0 bridgehead atoms. The minimum Gasteiger partial charge on any atom is -0.0678 e. The van der Waals surface area contributed by atoms with Crippen LogP contribution in [0.4, 0.5) is 0 Å². The number of benzene rings is 1. The van der Waals surface area contributed by atoms with Gasteiger partial charge in [0.25, 0.3) is 0 Å². The summed E-state index contributed by atoms with van der Waals surface area (Å²) in [5.74, 6) is 0. The Morgan fingerprint density at radius 2 is 0.958 bits per heavy atom. The summed E-state index contributed by atoms with van der Waals surface area (Å²) < 4.78 is 0. The van der Waals surface area contributed by atoms with Crippen LogP contribution in [0.15, 0.2) is 12.1 Å². The Labute approximate surface area is 154 Å². The molecule has 1 aromatic carbocycles. The first-order valence-electron chi connectivity index (χ1n) is 10.5. The van der Waals surface area contributed by atoms with E-state index >= 15 is 0 Å². The van der Waals surface area contributed by atoms with Gasteiger partial charge in [-0.3, -0.25) is 0 Å². The molecule has 24 heavy (non-hydrogen) atoms. The van der Waals surface area contributed by atoms with Crippen molar-refractivity contribution >= 4 is 16.1 Å².